The van der Waals surface area contributed by atoms with E-state index in [2.05, 4.69) is 10.6 Å². The van der Waals surface area contributed by atoms with Gasteiger partial charge in [-0.2, -0.15) is 0 Å². The molecule has 4 nitrogen and oxygen atoms in total. The molecule has 1 unspecified atom stereocenters. The molecule has 0 spiro atoms. The summed E-state index contributed by atoms with van der Waals surface area (Å²) in [6.45, 7) is 4.66. The van der Waals surface area contributed by atoms with Gasteiger partial charge in [0.2, 0.25) is 5.91 Å². The Labute approximate surface area is 125 Å². The van der Waals surface area contributed by atoms with Crippen LogP contribution < -0.4 is 15.4 Å². The van der Waals surface area contributed by atoms with E-state index in [1.165, 1.54) is 6.07 Å². The molecule has 1 aromatic rings. The number of halogens is 1. The van der Waals surface area contributed by atoms with Gasteiger partial charge in [-0.3, -0.25) is 4.79 Å². The van der Waals surface area contributed by atoms with Gasteiger partial charge in [0.05, 0.1) is 6.61 Å². The van der Waals surface area contributed by atoms with Crippen molar-refractivity contribution in [3.8, 4) is 5.75 Å². The van der Waals surface area contributed by atoms with E-state index in [1.807, 2.05) is 6.92 Å². The SMILES string of the molecule is CCOc1ccc(CNC(=O)CCC2CCNC2)cc1F. The van der Waals surface area contributed by atoms with Gasteiger partial charge in [0.15, 0.2) is 11.6 Å². The van der Waals surface area contributed by atoms with Crippen LogP contribution in [0.1, 0.15) is 31.7 Å². The van der Waals surface area contributed by atoms with Gasteiger partial charge in [-0.05, 0) is 56.5 Å². The predicted octanol–water partition coefficient (Wildman–Crippen LogP) is 2.23. The molecule has 0 bridgehead atoms. The number of carbonyl (C=O) groups excluding carboxylic acids is 1. The molecule has 0 aliphatic carbocycles. The van der Waals surface area contributed by atoms with Crippen molar-refractivity contribution in [1.29, 1.82) is 0 Å². The van der Waals surface area contributed by atoms with Crippen LogP contribution in [0.25, 0.3) is 0 Å². The van der Waals surface area contributed by atoms with Crippen LogP contribution in [-0.4, -0.2) is 25.6 Å². The minimum Gasteiger partial charge on any atom is -0.491 e. The van der Waals surface area contributed by atoms with Crippen molar-refractivity contribution in [3.05, 3.63) is 29.6 Å². The Kier molecular flexibility index (Phi) is 5.99. The zero-order valence-electron chi connectivity index (χ0n) is 12.5. The number of rotatable bonds is 7. The van der Waals surface area contributed by atoms with Crippen LogP contribution in [0, 0.1) is 11.7 Å². The second kappa shape index (κ2) is 7.98. The predicted molar refractivity (Wildman–Crippen MR) is 79.6 cm³/mol. The second-order valence-electron chi connectivity index (χ2n) is 5.37. The Bertz CT molecular complexity index is 473. The summed E-state index contributed by atoms with van der Waals surface area (Å²) < 4.78 is 18.8. The summed E-state index contributed by atoms with van der Waals surface area (Å²) in [5, 5.41) is 6.13. The maximum atomic E-state index is 13.7. The quantitative estimate of drug-likeness (QED) is 0.811. The number of carbonyl (C=O) groups is 1. The zero-order valence-corrected chi connectivity index (χ0v) is 12.5. The lowest BCUT2D eigenvalue weighted by atomic mass is 10.0. The summed E-state index contributed by atoms with van der Waals surface area (Å²) in [5.41, 5.74) is 0.742. The fourth-order valence-corrected chi connectivity index (χ4v) is 2.51. The van der Waals surface area contributed by atoms with Crippen LogP contribution in [0.3, 0.4) is 0 Å². The van der Waals surface area contributed by atoms with Gasteiger partial charge in [-0.25, -0.2) is 4.39 Å². The second-order valence-corrected chi connectivity index (χ2v) is 5.37. The first-order chi connectivity index (χ1) is 10.2. The summed E-state index contributed by atoms with van der Waals surface area (Å²) in [6.07, 6.45) is 2.60. The van der Waals surface area contributed by atoms with Crippen LogP contribution in [0.2, 0.25) is 0 Å². The van der Waals surface area contributed by atoms with Gasteiger partial charge in [-0.1, -0.05) is 6.07 Å². The minimum absolute atomic E-state index is 0.0243. The third kappa shape index (κ3) is 5.01. The summed E-state index contributed by atoms with van der Waals surface area (Å²) in [7, 11) is 0. The Morgan fingerprint density at radius 1 is 1.52 bits per heavy atom. The van der Waals surface area contributed by atoms with E-state index in [0.29, 0.717) is 25.5 Å². The third-order valence-corrected chi connectivity index (χ3v) is 3.73. The van der Waals surface area contributed by atoms with Crippen molar-refractivity contribution < 1.29 is 13.9 Å². The van der Waals surface area contributed by atoms with Gasteiger partial charge >= 0.3 is 0 Å². The van der Waals surface area contributed by atoms with Crippen LogP contribution in [0.4, 0.5) is 4.39 Å². The maximum Gasteiger partial charge on any atom is 0.220 e. The molecule has 1 heterocycles. The van der Waals surface area contributed by atoms with Crippen LogP contribution >= 0.6 is 0 Å². The van der Waals surface area contributed by atoms with Crippen molar-refractivity contribution in [3.63, 3.8) is 0 Å². The number of amides is 1. The smallest absolute Gasteiger partial charge is 0.220 e. The monoisotopic (exact) mass is 294 g/mol. The lowest BCUT2D eigenvalue weighted by Crippen LogP contribution is -2.23. The molecule has 1 aliphatic rings. The molecule has 1 aliphatic heterocycles. The van der Waals surface area contributed by atoms with Gasteiger partial charge in [0.1, 0.15) is 0 Å². The van der Waals surface area contributed by atoms with Crippen molar-refractivity contribution in [2.45, 2.75) is 32.7 Å². The molecule has 1 atom stereocenters. The highest BCUT2D eigenvalue weighted by Gasteiger charge is 2.15. The third-order valence-electron chi connectivity index (χ3n) is 3.73. The first kappa shape index (κ1) is 15.8. The molecular formula is C16H23FN2O2. The van der Waals surface area contributed by atoms with E-state index in [-0.39, 0.29) is 17.5 Å². The van der Waals surface area contributed by atoms with Gasteiger partial charge in [0.25, 0.3) is 0 Å². The maximum absolute atomic E-state index is 13.7. The first-order valence-corrected chi connectivity index (χ1v) is 7.57. The Hall–Kier alpha value is -1.62. The lowest BCUT2D eigenvalue weighted by molar-refractivity contribution is -0.121. The fraction of sp³-hybridized carbons (Fsp3) is 0.562. The average Bonchev–Trinajstić information content (AvgIpc) is 2.99. The molecule has 5 heteroatoms. The molecule has 2 rings (SSSR count). The van der Waals surface area contributed by atoms with Gasteiger partial charge in [0, 0.05) is 13.0 Å². The highest BCUT2D eigenvalue weighted by Crippen LogP contribution is 2.18. The molecule has 1 saturated heterocycles. The molecule has 1 amide bonds. The summed E-state index contributed by atoms with van der Waals surface area (Å²) in [4.78, 5) is 11.8. The Morgan fingerprint density at radius 3 is 3.05 bits per heavy atom. The highest BCUT2D eigenvalue weighted by molar-refractivity contribution is 5.75. The normalized spacial score (nSPS) is 17.7. The van der Waals surface area contributed by atoms with Crippen molar-refractivity contribution >= 4 is 5.91 Å². The van der Waals surface area contributed by atoms with Crippen molar-refractivity contribution in [1.82, 2.24) is 10.6 Å². The molecule has 1 fully saturated rings. The van der Waals surface area contributed by atoms with E-state index < -0.39 is 0 Å². The van der Waals surface area contributed by atoms with Crippen molar-refractivity contribution in [2.24, 2.45) is 5.92 Å². The van der Waals surface area contributed by atoms with E-state index >= 15 is 0 Å². The highest BCUT2D eigenvalue weighted by atomic mass is 19.1. The summed E-state index contributed by atoms with van der Waals surface area (Å²) >= 11 is 0. The van der Waals surface area contributed by atoms with E-state index in [9.17, 15) is 9.18 Å². The molecule has 116 valence electrons. The Morgan fingerprint density at radius 2 is 2.38 bits per heavy atom. The van der Waals surface area contributed by atoms with Crippen LogP contribution in [0.15, 0.2) is 18.2 Å². The summed E-state index contributed by atoms with van der Waals surface area (Å²) in [6, 6.07) is 4.78. The fourth-order valence-electron chi connectivity index (χ4n) is 2.51. The lowest BCUT2D eigenvalue weighted by Gasteiger charge is -2.10. The Balaban J connectivity index is 1.74. The number of nitrogens with one attached hydrogen (secondary N) is 2. The van der Waals surface area contributed by atoms with Crippen LogP contribution in [-0.2, 0) is 11.3 Å². The molecule has 1 aromatic carbocycles. The van der Waals surface area contributed by atoms with Crippen molar-refractivity contribution in [2.75, 3.05) is 19.7 Å². The van der Waals surface area contributed by atoms with E-state index in [0.717, 1.165) is 31.5 Å². The summed E-state index contributed by atoms with van der Waals surface area (Å²) in [5.74, 6) is 0.497. The van der Waals surface area contributed by atoms with Gasteiger partial charge < -0.3 is 15.4 Å². The number of ether oxygens (including phenoxy) is 1. The van der Waals surface area contributed by atoms with Gasteiger partial charge in [-0.15, -0.1) is 0 Å². The van der Waals surface area contributed by atoms with E-state index in [1.54, 1.807) is 12.1 Å². The molecule has 21 heavy (non-hydrogen) atoms. The molecule has 0 radical (unpaired) electrons. The largest absolute Gasteiger partial charge is 0.491 e. The number of hydrogen-bond donors (Lipinski definition) is 2. The minimum atomic E-state index is -0.388. The topological polar surface area (TPSA) is 50.4 Å². The molecule has 0 aromatic heterocycles. The number of hydrogen-bond acceptors (Lipinski definition) is 3. The zero-order chi connectivity index (χ0) is 15.1. The first-order valence-electron chi connectivity index (χ1n) is 7.57. The van der Waals surface area contributed by atoms with E-state index in [4.69, 9.17) is 4.74 Å². The molecule has 2 N–H and O–H groups in total. The number of benzene rings is 1. The molecular weight excluding hydrogens is 271 g/mol. The van der Waals surface area contributed by atoms with Crippen LogP contribution in [0.5, 0.6) is 5.75 Å². The molecule has 0 saturated carbocycles. The average molecular weight is 294 g/mol. The standard InChI is InChI=1S/C16H23FN2O2/c1-2-21-15-5-3-13(9-14(15)17)11-19-16(20)6-4-12-7-8-18-10-12/h3,5,9,12,18H,2,4,6-8,10-11H2,1H3,(H,19,20).